The van der Waals surface area contributed by atoms with E-state index in [4.69, 9.17) is 10.8 Å². The Morgan fingerprint density at radius 2 is 2.07 bits per heavy atom. The van der Waals surface area contributed by atoms with Crippen molar-refractivity contribution in [1.82, 2.24) is 0 Å². The molecule has 4 nitrogen and oxygen atoms in total. The Kier molecular flexibility index (Phi) is 3.71. The lowest BCUT2D eigenvalue weighted by molar-refractivity contribution is 0.288. The summed E-state index contributed by atoms with van der Waals surface area (Å²) in [5.41, 5.74) is 6.72. The second kappa shape index (κ2) is 4.63. The standard InChI is InChI=1S/C10H15NO3S/c1-15(13,14)10-7-8(3-2-6-12)4-5-9(10)11/h4-5,7,12H,2-3,6,11H2,1H3. The van der Waals surface area contributed by atoms with Crippen molar-refractivity contribution in [2.45, 2.75) is 17.7 Å². The number of aliphatic hydroxyl groups is 1. The fourth-order valence-electron chi connectivity index (χ4n) is 1.34. The van der Waals surface area contributed by atoms with E-state index in [-0.39, 0.29) is 17.2 Å². The maximum atomic E-state index is 11.4. The summed E-state index contributed by atoms with van der Waals surface area (Å²) in [6.07, 6.45) is 2.40. The minimum absolute atomic E-state index is 0.0958. The quantitative estimate of drug-likeness (QED) is 0.741. The molecule has 0 heterocycles. The zero-order valence-corrected chi connectivity index (χ0v) is 9.42. The summed E-state index contributed by atoms with van der Waals surface area (Å²) in [6, 6.07) is 4.93. The third-order valence-electron chi connectivity index (χ3n) is 2.10. The highest BCUT2D eigenvalue weighted by molar-refractivity contribution is 7.90. The Bertz CT molecular complexity index is 440. The lowest BCUT2D eigenvalue weighted by Crippen LogP contribution is -2.03. The van der Waals surface area contributed by atoms with Crippen LogP contribution in [0.3, 0.4) is 0 Å². The Labute approximate surface area is 89.7 Å². The van der Waals surface area contributed by atoms with Gasteiger partial charge in [0.15, 0.2) is 9.84 Å². The minimum atomic E-state index is -3.27. The summed E-state index contributed by atoms with van der Waals surface area (Å²) in [7, 11) is -3.27. The van der Waals surface area contributed by atoms with Crippen molar-refractivity contribution >= 4 is 15.5 Å². The van der Waals surface area contributed by atoms with Gasteiger partial charge in [-0.2, -0.15) is 0 Å². The van der Waals surface area contributed by atoms with Gasteiger partial charge in [-0.3, -0.25) is 0 Å². The molecule has 1 aromatic carbocycles. The molecule has 3 N–H and O–H groups in total. The van der Waals surface area contributed by atoms with Crippen molar-refractivity contribution in [2.24, 2.45) is 0 Å². The van der Waals surface area contributed by atoms with E-state index in [1.165, 1.54) is 0 Å². The molecule has 0 spiro atoms. The number of aryl methyl sites for hydroxylation is 1. The van der Waals surface area contributed by atoms with Crippen molar-refractivity contribution in [3.63, 3.8) is 0 Å². The molecule has 0 aliphatic carbocycles. The predicted octanol–water partition coefficient (Wildman–Crippen LogP) is 0.597. The second-order valence-corrected chi connectivity index (χ2v) is 5.46. The van der Waals surface area contributed by atoms with E-state index < -0.39 is 9.84 Å². The van der Waals surface area contributed by atoms with Gasteiger partial charge in [0, 0.05) is 12.9 Å². The van der Waals surface area contributed by atoms with Crippen molar-refractivity contribution in [3.8, 4) is 0 Å². The summed E-state index contributed by atoms with van der Waals surface area (Å²) in [4.78, 5) is 0.165. The average molecular weight is 229 g/mol. The van der Waals surface area contributed by atoms with Crippen LogP contribution in [-0.4, -0.2) is 26.4 Å². The van der Waals surface area contributed by atoms with Crippen molar-refractivity contribution in [3.05, 3.63) is 23.8 Å². The molecule has 1 aromatic rings. The maximum Gasteiger partial charge on any atom is 0.177 e. The molecule has 0 saturated heterocycles. The first-order chi connectivity index (χ1) is 6.95. The van der Waals surface area contributed by atoms with E-state index >= 15 is 0 Å². The highest BCUT2D eigenvalue weighted by Crippen LogP contribution is 2.20. The van der Waals surface area contributed by atoms with Crippen LogP contribution in [-0.2, 0) is 16.3 Å². The SMILES string of the molecule is CS(=O)(=O)c1cc(CCCO)ccc1N. The van der Waals surface area contributed by atoms with E-state index in [1.807, 2.05) is 0 Å². The van der Waals surface area contributed by atoms with Crippen LogP contribution in [0.15, 0.2) is 23.1 Å². The molecule has 0 saturated carbocycles. The highest BCUT2D eigenvalue weighted by Gasteiger charge is 2.11. The second-order valence-electron chi connectivity index (χ2n) is 3.47. The normalized spacial score (nSPS) is 11.6. The molecule has 0 aromatic heterocycles. The van der Waals surface area contributed by atoms with E-state index in [0.29, 0.717) is 12.8 Å². The molecular formula is C10H15NO3S. The Hall–Kier alpha value is -1.07. The molecule has 0 amide bonds. The number of hydrogen-bond donors (Lipinski definition) is 2. The van der Waals surface area contributed by atoms with Gasteiger partial charge >= 0.3 is 0 Å². The number of benzene rings is 1. The van der Waals surface area contributed by atoms with Gasteiger partial charge in [0.2, 0.25) is 0 Å². The average Bonchev–Trinajstić information content (AvgIpc) is 2.15. The van der Waals surface area contributed by atoms with Gasteiger partial charge in [-0.15, -0.1) is 0 Å². The third kappa shape index (κ3) is 3.21. The molecule has 84 valence electrons. The number of nitrogen functional groups attached to an aromatic ring is 1. The van der Waals surface area contributed by atoms with Gasteiger partial charge in [0.05, 0.1) is 10.6 Å². The molecule has 0 bridgehead atoms. The van der Waals surface area contributed by atoms with Gasteiger partial charge in [0.25, 0.3) is 0 Å². The minimum Gasteiger partial charge on any atom is -0.398 e. The topological polar surface area (TPSA) is 80.4 Å². The summed E-state index contributed by atoms with van der Waals surface area (Å²) in [5.74, 6) is 0. The summed E-state index contributed by atoms with van der Waals surface area (Å²) in [6.45, 7) is 0.0958. The molecule has 0 radical (unpaired) electrons. The number of rotatable bonds is 4. The highest BCUT2D eigenvalue weighted by atomic mass is 32.2. The number of hydrogen-bond acceptors (Lipinski definition) is 4. The number of anilines is 1. The van der Waals surface area contributed by atoms with Crippen molar-refractivity contribution < 1.29 is 13.5 Å². The lowest BCUT2D eigenvalue weighted by Gasteiger charge is -2.06. The van der Waals surface area contributed by atoms with Crippen LogP contribution in [0.4, 0.5) is 5.69 Å². The molecule has 1 rings (SSSR count). The van der Waals surface area contributed by atoms with Gasteiger partial charge in [-0.25, -0.2) is 8.42 Å². The number of aliphatic hydroxyl groups excluding tert-OH is 1. The first kappa shape index (κ1) is 12.0. The van der Waals surface area contributed by atoms with Crippen LogP contribution in [0.2, 0.25) is 0 Å². The molecule has 15 heavy (non-hydrogen) atoms. The smallest absolute Gasteiger partial charge is 0.177 e. The summed E-state index contributed by atoms with van der Waals surface area (Å²) in [5, 5.41) is 8.67. The van der Waals surface area contributed by atoms with Crippen molar-refractivity contribution in [1.29, 1.82) is 0 Å². The van der Waals surface area contributed by atoms with Gasteiger partial charge < -0.3 is 10.8 Å². The van der Waals surface area contributed by atoms with Crippen LogP contribution in [0, 0.1) is 0 Å². The lowest BCUT2D eigenvalue weighted by atomic mass is 10.1. The summed E-state index contributed by atoms with van der Waals surface area (Å²) >= 11 is 0. The van der Waals surface area contributed by atoms with E-state index in [9.17, 15) is 8.42 Å². The zero-order valence-electron chi connectivity index (χ0n) is 8.60. The monoisotopic (exact) mass is 229 g/mol. The molecule has 0 aliphatic heterocycles. The first-order valence-corrected chi connectivity index (χ1v) is 6.53. The fourth-order valence-corrected chi connectivity index (χ4v) is 2.20. The predicted molar refractivity (Wildman–Crippen MR) is 59.4 cm³/mol. The van der Waals surface area contributed by atoms with E-state index in [2.05, 4.69) is 0 Å². The molecule has 0 fully saturated rings. The number of sulfone groups is 1. The Balaban J connectivity index is 3.06. The third-order valence-corrected chi connectivity index (χ3v) is 3.25. The van der Waals surface area contributed by atoms with Crippen LogP contribution < -0.4 is 5.73 Å². The Morgan fingerprint density at radius 3 is 2.60 bits per heavy atom. The first-order valence-electron chi connectivity index (χ1n) is 4.64. The van der Waals surface area contributed by atoms with Crippen LogP contribution in [0.1, 0.15) is 12.0 Å². The van der Waals surface area contributed by atoms with Crippen molar-refractivity contribution in [2.75, 3.05) is 18.6 Å². The van der Waals surface area contributed by atoms with Crippen LogP contribution in [0.25, 0.3) is 0 Å². The zero-order chi connectivity index (χ0) is 11.5. The molecule has 0 aliphatic rings. The molecular weight excluding hydrogens is 214 g/mol. The molecule has 0 unspecified atom stereocenters. The van der Waals surface area contributed by atoms with Gasteiger partial charge in [-0.1, -0.05) is 6.07 Å². The van der Waals surface area contributed by atoms with E-state index in [1.54, 1.807) is 18.2 Å². The van der Waals surface area contributed by atoms with Crippen LogP contribution in [0.5, 0.6) is 0 Å². The molecule has 5 heteroatoms. The fraction of sp³-hybridized carbons (Fsp3) is 0.400. The van der Waals surface area contributed by atoms with Crippen LogP contribution >= 0.6 is 0 Å². The Morgan fingerprint density at radius 1 is 1.40 bits per heavy atom. The van der Waals surface area contributed by atoms with E-state index in [0.717, 1.165) is 11.8 Å². The van der Waals surface area contributed by atoms with Gasteiger partial charge in [-0.05, 0) is 30.5 Å². The number of nitrogens with two attached hydrogens (primary N) is 1. The maximum absolute atomic E-state index is 11.4. The summed E-state index contributed by atoms with van der Waals surface area (Å²) < 4.78 is 22.7. The van der Waals surface area contributed by atoms with Gasteiger partial charge in [0.1, 0.15) is 0 Å². The largest absolute Gasteiger partial charge is 0.398 e. The molecule has 0 atom stereocenters.